The highest BCUT2D eigenvalue weighted by atomic mass is 16.8. The molecule has 21 aliphatic heterocycles. The maximum absolute atomic E-state index is 13.9. The van der Waals surface area contributed by atoms with E-state index < -0.39 is 267 Å². The first-order valence-electron chi connectivity index (χ1n) is 28.7. The third kappa shape index (κ3) is 13.7. The molecular formula is C52H76N2O36. The molecule has 21 N–H and O–H groups in total. The van der Waals surface area contributed by atoms with Crippen LogP contribution < -0.4 is 5.32 Å². The van der Waals surface area contributed by atoms with Crippen LogP contribution in [0.2, 0.25) is 0 Å². The Kier molecular flexibility index (Phi) is 22.9. The molecule has 0 radical (unpaired) electrons. The lowest BCUT2D eigenvalue weighted by Crippen LogP contribution is -2.68. The number of aromatic nitrogens is 1. The molecule has 21 fully saturated rings. The molecule has 38 nitrogen and oxygen atoms in total. The molecule has 2 aromatic rings. The van der Waals surface area contributed by atoms with Crippen LogP contribution in [0.3, 0.4) is 0 Å². The number of nitrogens with one attached hydrogen (secondary N) is 1. The third-order valence-electron chi connectivity index (χ3n) is 16.9. The summed E-state index contributed by atoms with van der Waals surface area (Å²) in [5, 5.41) is 231. The molecule has 22 heterocycles. The number of carbonyl (C=O) groups is 1. The number of benzene rings is 1. The zero-order valence-electron chi connectivity index (χ0n) is 47.0. The van der Waals surface area contributed by atoms with E-state index in [-0.39, 0.29) is 11.3 Å². The molecule has 14 bridgehead atoms. The van der Waals surface area contributed by atoms with Gasteiger partial charge < -0.3 is 178 Å². The zero-order valence-corrected chi connectivity index (χ0v) is 47.0. The molecule has 0 unspecified atom stereocenters. The van der Waals surface area contributed by atoms with Gasteiger partial charge in [0, 0.05) is 12.1 Å². The molecule has 1 aromatic heterocycles. The van der Waals surface area contributed by atoms with Gasteiger partial charge >= 0.3 is 0 Å². The van der Waals surface area contributed by atoms with Gasteiger partial charge in [0.25, 0.3) is 5.91 Å². The van der Waals surface area contributed by atoms with E-state index in [9.17, 15) is 107 Å². The van der Waals surface area contributed by atoms with Crippen molar-refractivity contribution in [3.63, 3.8) is 0 Å². The summed E-state index contributed by atoms with van der Waals surface area (Å²) in [4.78, 5) is 13.9. The van der Waals surface area contributed by atoms with Crippen molar-refractivity contribution in [3.8, 4) is 11.3 Å². The number of aliphatic hydroxyl groups is 20. The van der Waals surface area contributed by atoms with Gasteiger partial charge in [-0.3, -0.25) is 4.79 Å². The third-order valence-corrected chi connectivity index (χ3v) is 16.9. The van der Waals surface area contributed by atoms with Gasteiger partial charge in [-0.2, -0.15) is 0 Å². The first-order valence-corrected chi connectivity index (χ1v) is 28.7. The van der Waals surface area contributed by atoms with Gasteiger partial charge in [-0.15, -0.1) is 0 Å². The van der Waals surface area contributed by atoms with Crippen molar-refractivity contribution in [2.24, 2.45) is 0 Å². The van der Waals surface area contributed by atoms with Crippen molar-refractivity contribution in [1.82, 2.24) is 10.5 Å². The summed E-state index contributed by atoms with van der Waals surface area (Å²) in [5.74, 6) is -0.870. The number of hydrogen-bond donors (Lipinski definition) is 21. The Balaban J connectivity index is 0.950. The van der Waals surface area contributed by atoms with E-state index in [1.165, 1.54) is 0 Å². The van der Waals surface area contributed by atoms with E-state index in [2.05, 4.69) is 10.5 Å². The average Bonchev–Trinajstić information content (AvgIpc) is 0.938. The van der Waals surface area contributed by atoms with Gasteiger partial charge in [0.2, 0.25) is 0 Å². The fourth-order valence-corrected chi connectivity index (χ4v) is 11.9. The SMILES string of the molecule is O=C(NC[C@H]1O[C@@H]2O[C@H]3[C@H](O)[C@@H](O)[C@@H](O[C@H]4[C@H](O)[C@@H](O)[C@@H](O[C@H]5[C@H](O)[C@@H](O)[C@@H](O[C@H]6[C@H](O)[C@@H](O)[C@@H](O[C@H]7[C@H](O)[C@@H](O)[C@@H](O[C@H]8[C@H](O)[C@@H](O)[C@@H](O[C@H]1[C@H](O)[C@H]2O)O[C@@H]8CO)O[C@@H]7CO)O[C@@H]6CO)O[C@@H]5CO)O[C@@H]4CO)O[C@@H]3CO)c1conc1-c1ccccc1. The number of rotatable bonds is 10. The lowest BCUT2D eigenvalue weighted by Gasteiger charge is -2.50. The summed E-state index contributed by atoms with van der Waals surface area (Å²) in [5.41, 5.74) is 0.414. The van der Waals surface area contributed by atoms with E-state index in [0.717, 1.165) is 6.26 Å². The molecule has 1 amide bonds. The highest BCUT2D eigenvalue weighted by molar-refractivity contribution is 5.99. The largest absolute Gasteiger partial charge is 0.394 e. The van der Waals surface area contributed by atoms with Crippen LogP contribution in [-0.2, 0) is 66.3 Å². The Bertz CT molecular complexity index is 2570. The lowest BCUT2D eigenvalue weighted by molar-refractivity contribution is -0.396. The molecule has 35 atom stereocenters. The normalized spacial score (nSPS) is 49.0. The Morgan fingerprint density at radius 3 is 0.811 bits per heavy atom. The van der Waals surface area contributed by atoms with Gasteiger partial charge in [-0.1, -0.05) is 35.5 Å². The van der Waals surface area contributed by atoms with E-state index in [4.69, 9.17) is 70.8 Å². The predicted octanol–water partition coefficient (Wildman–Crippen LogP) is -13.1. The molecule has 0 aliphatic carbocycles. The maximum atomic E-state index is 13.9. The summed E-state index contributed by atoms with van der Waals surface area (Å²) in [6, 6.07) is 8.28. The smallest absolute Gasteiger partial charge is 0.256 e. The van der Waals surface area contributed by atoms with E-state index >= 15 is 0 Å². The molecule has 0 spiro atoms. The van der Waals surface area contributed by atoms with Gasteiger partial charge in [-0.05, 0) is 0 Å². The van der Waals surface area contributed by atoms with Crippen LogP contribution in [0.4, 0.5) is 0 Å². The van der Waals surface area contributed by atoms with Crippen molar-refractivity contribution >= 4 is 5.91 Å². The van der Waals surface area contributed by atoms with Crippen molar-refractivity contribution in [3.05, 3.63) is 42.2 Å². The molecule has 21 aliphatic rings. The minimum Gasteiger partial charge on any atom is -0.394 e. The van der Waals surface area contributed by atoms with Gasteiger partial charge in [0.05, 0.1) is 39.6 Å². The Morgan fingerprint density at radius 1 is 0.333 bits per heavy atom. The molecule has 0 saturated carbocycles. The minimum atomic E-state index is -2.29. The Labute approximate surface area is 507 Å². The number of hydrogen-bond acceptors (Lipinski definition) is 37. The standard InChI is InChI=1S/C52H76N2O36/c55-7-17-39-26(63)33(70)48(79-17)87-41-19(9-57)81-50(35(72)28(41)65)89-43-21(11-59)83-52(37(74)30(43)67)90-44-22(12-60)82-51(36(73)29(44)66)88-42-20(10-58)80-49(34(71)27(42)64)86-40-18(8-56)78-47(32(69)25(40)62)84-38-16(77-46(85-39)31(68)24(38)61)6-53-45(75)15-13-76-54-23(15)14-4-2-1-3-5-14/h1-5,13,16-22,24-44,46-52,55-74H,6-12H2,(H,53,75)/t16-,17-,18-,19-,20-,21-,22-,24-,25-,26-,27-,28-,29-,30-,31-,32-,33-,34-,35-,36-,37-,38-,39-,40-,41-,42-,43-,44-,46-,47-,48-,49-,50-,51-,52-/m1/s1. The molecule has 510 valence electrons. The summed E-state index contributed by atoms with van der Waals surface area (Å²) in [6.45, 7) is -7.16. The van der Waals surface area contributed by atoms with Crippen LogP contribution in [-0.4, -0.2) is 374 Å². The quantitative estimate of drug-likeness (QED) is 0.105. The van der Waals surface area contributed by atoms with Crippen LogP contribution in [0, 0.1) is 0 Å². The fraction of sp³-hybridized carbons (Fsp3) is 0.808. The summed E-state index contributed by atoms with van der Waals surface area (Å²) >= 11 is 0. The van der Waals surface area contributed by atoms with Crippen LogP contribution in [0.1, 0.15) is 10.4 Å². The van der Waals surface area contributed by atoms with Crippen molar-refractivity contribution in [2.75, 3.05) is 46.2 Å². The molecule has 1 aromatic carbocycles. The number of nitrogens with zero attached hydrogens (tertiary/aromatic N) is 1. The molecule has 23 rings (SSSR count). The van der Waals surface area contributed by atoms with E-state index in [1.54, 1.807) is 30.3 Å². The average molecular weight is 1310 g/mol. The van der Waals surface area contributed by atoms with Gasteiger partial charge in [0.1, 0.15) is 188 Å². The first kappa shape index (κ1) is 69.4. The van der Waals surface area contributed by atoms with Crippen molar-refractivity contribution in [1.29, 1.82) is 0 Å². The number of carbonyl (C=O) groups excluding carboxylic acids is 1. The van der Waals surface area contributed by atoms with Crippen molar-refractivity contribution in [2.45, 2.75) is 215 Å². The molecule has 21 saturated heterocycles. The summed E-state index contributed by atoms with van der Waals surface area (Å²) < 4.78 is 86.3. The Morgan fingerprint density at radius 2 is 0.567 bits per heavy atom. The summed E-state index contributed by atoms with van der Waals surface area (Å²) in [7, 11) is 0. The number of aliphatic hydroxyl groups excluding tert-OH is 20. The Hall–Kier alpha value is -3.46. The van der Waals surface area contributed by atoms with Crippen LogP contribution in [0.5, 0.6) is 0 Å². The number of ether oxygens (including phenoxy) is 14. The van der Waals surface area contributed by atoms with E-state index in [0.29, 0.717) is 5.56 Å². The van der Waals surface area contributed by atoms with Crippen molar-refractivity contribution < 1.29 is 178 Å². The van der Waals surface area contributed by atoms with Gasteiger partial charge in [0.15, 0.2) is 44.0 Å². The highest BCUT2D eigenvalue weighted by Gasteiger charge is 2.60. The highest BCUT2D eigenvalue weighted by Crippen LogP contribution is 2.39. The van der Waals surface area contributed by atoms with Crippen LogP contribution >= 0.6 is 0 Å². The lowest BCUT2D eigenvalue weighted by atomic mass is 9.95. The number of amides is 1. The van der Waals surface area contributed by atoms with E-state index in [1.807, 2.05) is 0 Å². The second-order valence-electron chi connectivity index (χ2n) is 22.6. The monoisotopic (exact) mass is 1300 g/mol. The fourth-order valence-electron chi connectivity index (χ4n) is 11.9. The minimum absolute atomic E-state index is 0.0826. The first-order chi connectivity index (χ1) is 43.1. The molecule has 38 heteroatoms. The molecule has 90 heavy (non-hydrogen) atoms. The van der Waals surface area contributed by atoms with Crippen LogP contribution in [0.25, 0.3) is 11.3 Å². The predicted molar refractivity (Wildman–Crippen MR) is 276 cm³/mol. The molecular weight excluding hydrogens is 1230 g/mol. The maximum Gasteiger partial charge on any atom is 0.256 e. The summed E-state index contributed by atoms with van der Waals surface area (Å²) in [6.07, 6.45) is -70.8. The van der Waals surface area contributed by atoms with Crippen LogP contribution in [0.15, 0.2) is 41.1 Å². The van der Waals surface area contributed by atoms with Gasteiger partial charge in [-0.25, -0.2) is 0 Å². The second kappa shape index (κ2) is 29.7. The topological polar surface area (TPSA) is 589 Å². The zero-order chi connectivity index (χ0) is 64.7. The second-order valence-corrected chi connectivity index (χ2v) is 22.6.